The number of methoxy groups -OCH3 is 1. The number of hydrogen-bond acceptors (Lipinski definition) is 5. The van der Waals surface area contributed by atoms with Crippen molar-refractivity contribution in [1.82, 2.24) is 4.98 Å². The van der Waals surface area contributed by atoms with Crippen LogP contribution in [0.2, 0.25) is 10.0 Å². The predicted molar refractivity (Wildman–Crippen MR) is 79.4 cm³/mol. The quantitative estimate of drug-likeness (QED) is 0.655. The van der Waals surface area contributed by atoms with Gasteiger partial charge in [0.2, 0.25) is 5.88 Å². The van der Waals surface area contributed by atoms with Crippen LogP contribution in [0.4, 0.5) is 5.82 Å². The molecule has 0 amide bonds. The molecule has 1 heterocycles. The molecule has 1 aromatic carbocycles. The molecular formula is C13H13Cl2N3O2. The van der Waals surface area contributed by atoms with Gasteiger partial charge in [-0.25, -0.2) is 5.84 Å². The molecule has 0 unspecified atom stereocenters. The standard InChI is InChI=1S/C13H13Cl2N3O2/c1-19-9-4-2-8(3-5-9)7-20-13-11(15)6-10(14)12(17-13)18-16/h2-6H,7,16H2,1H3,(H,17,18). The molecular weight excluding hydrogens is 301 g/mol. The van der Waals surface area contributed by atoms with Crippen LogP contribution in [0, 0.1) is 0 Å². The van der Waals surface area contributed by atoms with Crippen molar-refractivity contribution in [2.45, 2.75) is 6.61 Å². The minimum atomic E-state index is 0.264. The molecule has 0 saturated heterocycles. The van der Waals surface area contributed by atoms with Crippen LogP contribution < -0.4 is 20.7 Å². The van der Waals surface area contributed by atoms with Gasteiger partial charge in [-0.2, -0.15) is 4.98 Å². The maximum Gasteiger partial charge on any atom is 0.235 e. The van der Waals surface area contributed by atoms with Crippen molar-refractivity contribution >= 4 is 29.0 Å². The fraction of sp³-hybridized carbons (Fsp3) is 0.154. The van der Waals surface area contributed by atoms with Gasteiger partial charge in [0.15, 0.2) is 5.82 Å². The predicted octanol–water partition coefficient (Wildman–Crippen LogP) is 3.26. The number of benzene rings is 1. The molecule has 7 heteroatoms. The number of anilines is 1. The molecule has 1 aromatic heterocycles. The second-order valence-corrected chi connectivity index (χ2v) is 4.70. The van der Waals surface area contributed by atoms with Crippen molar-refractivity contribution in [2.24, 2.45) is 5.84 Å². The van der Waals surface area contributed by atoms with Crippen molar-refractivity contribution in [1.29, 1.82) is 0 Å². The second-order valence-electron chi connectivity index (χ2n) is 3.89. The van der Waals surface area contributed by atoms with Crippen molar-refractivity contribution in [3.05, 3.63) is 45.9 Å². The monoisotopic (exact) mass is 313 g/mol. The van der Waals surface area contributed by atoms with Crippen LogP contribution in [-0.4, -0.2) is 12.1 Å². The molecule has 2 aromatic rings. The van der Waals surface area contributed by atoms with E-state index in [9.17, 15) is 0 Å². The highest BCUT2D eigenvalue weighted by atomic mass is 35.5. The van der Waals surface area contributed by atoms with Gasteiger partial charge in [-0.3, -0.25) is 0 Å². The lowest BCUT2D eigenvalue weighted by Crippen LogP contribution is -2.10. The molecule has 2 rings (SSSR count). The number of hydrazine groups is 1. The molecule has 0 aliphatic carbocycles. The molecule has 3 N–H and O–H groups in total. The van der Waals surface area contributed by atoms with Gasteiger partial charge >= 0.3 is 0 Å². The van der Waals surface area contributed by atoms with Crippen molar-refractivity contribution in [3.8, 4) is 11.6 Å². The topological polar surface area (TPSA) is 69.4 Å². The summed E-state index contributed by atoms with van der Waals surface area (Å²) in [7, 11) is 1.62. The third kappa shape index (κ3) is 3.45. The number of pyridine rings is 1. The highest BCUT2D eigenvalue weighted by Gasteiger charge is 2.10. The first kappa shape index (κ1) is 14.7. The van der Waals surface area contributed by atoms with Crippen molar-refractivity contribution in [2.75, 3.05) is 12.5 Å². The van der Waals surface area contributed by atoms with Crippen LogP contribution in [-0.2, 0) is 6.61 Å². The normalized spacial score (nSPS) is 10.2. The Kier molecular flexibility index (Phi) is 4.89. The van der Waals surface area contributed by atoms with Gasteiger partial charge in [0.25, 0.3) is 0 Å². The summed E-state index contributed by atoms with van der Waals surface area (Å²) in [4.78, 5) is 4.09. The van der Waals surface area contributed by atoms with Crippen LogP contribution in [0.1, 0.15) is 5.56 Å². The van der Waals surface area contributed by atoms with Crippen LogP contribution in [0.5, 0.6) is 11.6 Å². The minimum Gasteiger partial charge on any atom is -0.497 e. The van der Waals surface area contributed by atoms with Crippen molar-refractivity contribution in [3.63, 3.8) is 0 Å². The van der Waals surface area contributed by atoms with Gasteiger partial charge in [0.05, 0.1) is 12.1 Å². The number of nitrogens with zero attached hydrogens (tertiary/aromatic N) is 1. The summed E-state index contributed by atoms with van der Waals surface area (Å²) < 4.78 is 10.6. The highest BCUT2D eigenvalue weighted by Crippen LogP contribution is 2.30. The Morgan fingerprint density at radius 2 is 1.90 bits per heavy atom. The largest absolute Gasteiger partial charge is 0.497 e. The Labute approximate surface area is 126 Å². The Balaban J connectivity index is 2.09. The van der Waals surface area contributed by atoms with Crippen molar-refractivity contribution < 1.29 is 9.47 Å². The lowest BCUT2D eigenvalue weighted by molar-refractivity contribution is 0.294. The number of aromatic nitrogens is 1. The molecule has 0 radical (unpaired) electrons. The number of halogens is 2. The summed E-state index contributed by atoms with van der Waals surface area (Å²) in [6.45, 7) is 0.322. The molecule has 0 spiro atoms. The summed E-state index contributed by atoms with van der Waals surface area (Å²) in [5.41, 5.74) is 3.34. The van der Waals surface area contributed by atoms with Gasteiger partial charge < -0.3 is 14.9 Å². The van der Waals surface area contributed by atoms with E-state index in [1.807, 2.05) is 24.3 Å². The number of hydrogen-bond donors (Lipinski definition) is 2. The fourth-order valence-electron chi connectivity index (χ4n) is 1.53. The van der Waals surface area contributed by atoms with E-state index >= 15 is 0 Å². The highest BCUT2D eigenvalue weighted by molar-refractivity contribution is 6.36. The number of nitrogens with two attached hydrogens (primary N) is 1. The molecule has 0 fully saturated rings. The average Bonchev–Trinajstić information content (AvgIpc) is 2.47. The van der Waals surface area contributed by atoms with Gasteiger partial charge in [-0.05, 0) is 23.8 Å². The fourth-order valence-corrected chi connectivity index (χ4v) is 1.99. The first-order valence-electron chi connectivity index (χ1n) is 5.72. The molecule has 0 saturated carbocycles. The molecule has 20 heavy (non-hydrogen) atoms. The molecule has 0 atom stereocenters. The molecule has 0 bridgehead atoms. The van der Waals surface area contributed by atoms with E-state index in [1.165, 1.54) is 6.07 Å². The average molecular weight is 314 g/mol. The number of nitrogen functional groups attached to an aromatic ring is 1. The summed E-state index contributed by atoms with van der Waals surface area (Å²) in [5.74, 6) is 6.65. The van der Waals surface area contributed by atoms with Crippen LogP contribution in [0.3, 0.4) is 0 Å². The molecule has 106 valence electrons. The van der Waals surface area contributed by atoms with Crippen LogP contribution >= 0.6 is 23.2 Å². The van der Waals surface area contributed by atoms with E-state index in [-0.39, 0.29) is 5.88 Å². The number of ether oxygens (including phenoxy) is 2. The Morgan fingerprint density at radius 1 is 1.20 bits per heavy atom. The van der Waals surface area contributed by atoms with E-state index in [4.69, 9.17) is 38.5 Å². The minimum absolute atomic E-state index is 0.264. The zero-order valence-electron chi connectivity index (χ0n) is 10.7. The third-order valence-electron chi connectivity index (χ3n) is 2.57. The van der Waals surface area contributed by atoms with E-state index in [0.29, 0.717) is 22.5 Å². The molecule has 0 aliphatic rings. The maximum atomic E-state index is 6.01. The van der Waals surface area contributed by atoms with E-state index in [1.54, 1.807) is 7.11 Å². The Bertz CT molecular complexity index is 591. The van der Waals surface area contributed by atoms with E-state index in [2.05, 4.69) is 10.4 Å². The molecule has 0 aliphatic heterocycles. The lowest BCUT2D eigenvalue weighted by Gasteiger charge is -2.10. The van der Waals surface area contributed by atoms with Gasteiger partial charge in [-0.1, -0.05) is 35.3 Å². The van der Waals surface area contributed by atoms with Gasteiger partial charge in [0.1, 0.15) is 17.4 Å². The first-order chi connectivity index (χ1) is 9.63. The summed E-state index contributed by atoms with van der Waals surface area (Å²) in [6, 6.07) is 9.01. The van der Waals surface area contributed by atoms with Crippen LogP contribution in [0.25, 0.3) is 0 Å². The second kappa shape index (κ2) is 6.65. The lowest BCUT2D eigenvalue weighted by atomic mass is 10.2. The van der Waals surface area contributed by atoms with E-state index < -0.39 is 0 Å². The third-order valence-corrected chi connectivity index (χ3v) is 3.13. The first-order valence-corrected chi connectivity index (χ1v) is 6.48. The van der Waals surface area contributed by atoms with Gasteiger partial charge in [0, 0.05) is 0 Å². The zero-order chi connectivity index (χ0) is 14.5. The van der Waals surface area contributed by atoms with Crippen LogP contribution in [0.15, 0.2) is 30.3 Å². The summed E-state index contributed by atoms with van der Waals surface area (Å²) in [5, 5.41) is 0.650. The van der Waals surface area contributed by atoms with E-state index in [0.717, 1.165) is 11.3 Å². The SMILES string of the molecule is COc1ccc(COc2nc(NN)c(Cl)cc2Cl)cc1. The van der Waals surface area contributed by atoms with Gasteiger partial charge in [-0.15, -0.1) is 0 Å². The summed E-state index contributed by atoms with van der Waals surface area (Å²) in [6.07, 6.45) is 0. The Hall–Kier alpha value is -1.69. The number of rotatable bonds is 5. The zero-order valence-corrected chi connectivity index (χ0v) is 12.2. The summed E-state index contributed by atoms with van der Waals surface area (Å²) >= 11 is 11.9. The Morgan fingerprint density at radius 3 is 2.50 bits per heavy atom. The smallest absolute Gasteiger partial charge is 0.235 e. The molecule has 5 nitrogen and oxygen atoms in total. The number of nitrogens with one attached hydrogen (secondary N) is 1. The maximum absolute atomic E-state index is 6.01.